The fraction of sp³-hybridized carbons (Fsp3) is 0.545. The van der Waals surface area contributed by atoms with Crippen LogP contribution in [0.5, 0.6) is 0 Å². The van der Waals surface area contributed by atoms with Crippen molar-refractivity contribution in [3.8, 4) is 0 Å². The van der Waals surface area contributed by atoms with Gasteiger partial charge < -0.3 is 5.11 Å². The number of pyridine rings is 1. The maximum atomic E-state index is 12.8. The summed E-state index contributed by atoms with van der Waals surface area (Å²) < 4.78 is 12.8. The molecule has 0 saturated carbocycles. The summed E-state index contributed by atoms with van der Waals surface area (Å²) in [6.45, 7) is 2.35. The number of aromatic nitrogens is 1. The van der Waals surface area contributed by atoms with E-state index in [9.17, 15) is 9.50 Å². The zero-order chi connectivity index (χ0) is 10.7. The minimum atomic E-state index is -0.440. The van der Waals surface area contributed by atoms with Crippen molar-refractivity contribution in [3.63, 3.8) is 0 Å². The van der Waals surface area contributed by atoms with Crippen molar-refractivity contribution >= 4 is 0 Å². The Labute approximate surface area is 88.6 Å². The Bertz CT molecular complexity index is 332. The molecule has 0 unspecified atom stereocenters. The molecule has 2 heterocycles. The van der Waals surface area contributed by atoms with Gasteiger partial charge in [0.15, 0.2) is 0 Å². The number of piperidine rings is 1. The molecule has 1 aliphatic rings. The Kier molecular flexibility index (Phi) is 3.28. The number of nitrogens with zero attached hydrogens (tertiary/aromatic N) is 2. The van der Waals surface area contributed by atoms with Crippen molar-refractivity contribution < 1.29 is 9.50 Å². The number of hydrogen-bond acceptors (Lipinski definition) is 3. The van der Waals surface area contributed by atoms with E-state index in [1.54, 1.807) is 0 Å². The molecular weight excluding hydrogens is 195 g/mol. The largest absolute Gasteiger partial charge is 0.392 e. The van der Waals surface area contributed by atoms with Crippen LogP contribution >= 0.6 is 0 Å². The second-order valence-electron chi connectivity index (χ2n) is 4.02. The van der Waals surface area contributed by atoms with E-state index >= 15 is 0 Å². The Morgan fingerprint density at radius 1 is 1.60 bits per heavy atom. The van der Waals surface area contributed by atoms with Crippen LogP contribution in [0.15, 0.2) is 18.3 Å². The molecule has 2 rings (SSSR count). The molecular formula is C11H15FN2O. The molecule has 4 heteroatoms. The van der Waals surface area contributed by atoms with Gasteiger partial charge in [-0.2, -0.15) is 4.39 Å². The summed E-state index contributed by atoms with van der Waals surface area (Å²) in [6, 6.07) is 3.26. The first-order chi connectivity index (χ1) is 7.24. The molecule has 1 N–H and O–H groups in total. The van der Waals surface area contributed by atoms with Crippen LogP contribution in [-0.2, 0) is 6.54 Å². The van der Waals surface area contributed by atoms with Gasteiger partial charge in [-0.25, -0.2) is 4.98 Å². The molecule has 0 bridgehead atoms. The third-order valence-corrected chi connectivity index (χ3v) is 2.68. The van der Waals surface area contributed by atoms with E-state index in [1.807, 2.05) is 6.07 Å². The van der Waals surface area contributed by atoms with Crippen molar-refractivity contribution in [2.75, 3.05) is 13.1 Å². The first-order valence-electron chi connectivity index (χ1n) is 5.25. The van der Waals surface area contributed by atoms with Crippen molar-refractivity contribution in [2.24, 2.45) is 0 Å². The van der Waals surface area contributed by atoms with Crippen LogP contribution in [0.3, 0.4) is 0 Å². The molecule has 1 atom stereocenters. The first-order valence-corrected chi connectivity index (χ1v) is 5.25. The predicted octanol–water partition coefficient (Wildman–Crippen LogP) is 1.18. The normalized spacial score (nSPS) is 22.9. The molecule has 1 aromatic rings. The highest BCUT2D eigenvalue weighted by molar-refractivity contribution is 5.10. The third kappa shape index (κ3) is 2.97. The number of aliphatic hydroxyl groups excluding tert-OH is 1. The molecule has 1 aliphatic heterocycles. The van der Waals surface area contributed by atoms with Gasteiger partial charge in [0.1, 0.15) is 0 Å². The summed E-state index contributed by atoms with van der Waals surface area (Å²) in [7, 11) is 0. The van der Waals surface area contributed by atoms with E-state index in [4.69, 9.17) is 0 Å². The molecule has 0 radical (unpaired) electrons. The quantitative estimate of drug-likeness (QED) is 0.745. The Morgan fingerprint density at radius 3 is 3.20 bits per heavy atom. The maximum absolute atomic E-state index is 12.8. The summed E-state index contributed by atoms with van der Waals surface area (Å²) in [5.74, 6) is -0.440. The van der Waals surface area contributed by atoms with E-state index in [2.05, 4.69) is 9.88 Å². The van der Waals surface area contributed by atoms with Crippen LogP contribution in [0.2, 0.25) is 0 Å². The smallest absolute Gasteiger partial charge is 0.213 e. The van der Waals surface area contributed by atoms with Gasteiger partial charge in [-0.15, -0.1) is 0 Å². The summed E-state index contributed by atoms with van der Waals surface area (Å²) in [5, 5.41) is 9.48. The van der Waals surface area contributed by atoms with Gasteiger partial charge in [0, 0.05) is 19.3 Å². The lowest BCUT2D eigenvalue weighted by Gasteiger charge is -2.29. The number of halogens is 1. The van der Waals surface area contributed by atoms with Crippen molar-refractivity contribution in [3.05, 3.63) is 29.8 Å². The third-order valence-electron chi connectivity index (χ3n) is 2.68. The molecule has 0 spiro atoms. The average Bonchev–Trinajstić information content (AvgIpc) is 2.17. The molecule has 82 valence electrons. The van der Waals surface area contributed by atoms with Gasteiger partial charge >= 0.3 is 0 Å². The van der Waals surface area contributed by atoms with Gasteiger partial charge in [0.2, 0.25) is 5.95 Å². The average molecular weight is 210 g/mol. The van der Waals surface area contributed by atoms with Crippen molar-refractivity contribution in [2.45, 2.75) is 25.5 Å². The number of β-amino-alcohol motifs (C(OH)–C–C–N with tert-alkyl or cyclic N) is 1. The lowest BCUT2D eigenvalue weighted by Crippen LogP contribution is -2.37. The number of aliphatic hydroxyl groups is 1. The second kappa shape index (κ2) is 4.68. The Balaban J connectivity index is 1.96. The number of likely N-dealkylation sites (tertiary alicyclic amines) is 1. The first kappa shape index (κ1) is 10.5. The zero-order valence-corrected chi connectivity index (χ0v) is 8.56. The van der Waals surface area contributed by atoms with E-state index in [-0.39, 0.29) is 6.10 Å². The van der Waals surface area contributed by atoms with Crippen molar-refractivity contribution in [1.82, 2.24) is 9.88 Å². The minimum absolute atomic E-state index is 0.231. The summed E-state index contributed by atoms with van der Waals surface area (Å²) in [6.07, 6.45) is 3.13. The fourth-order valence-corrected chi connectivity index (χ4v) is 1.97. The van der Waals surface area contributed by atoms with Gasteiger partial charge in [-0.1, -0.05) is 0 Å². The number of hydrogen-bond donors (Lipinski definition) is 1. The van der Waals surface area contributed by atoms with Crippen LogP contribution in [-0.4, -0.2) is 34.2 Å². The SMILES string of the molecule is O[C@@H]1CCCN(Cc2ccnc(F)c2)C1. The summed E-state index contributed by atoms with van der Waals surface area (Å²) in [5.41, 5.74) is 0.914. The Hall–Kier alpha value is -1.00. The molecule has 0 aliphatic carbocycles. The monoisotopic (exact) mass is 210 g/mol. The Morgan fingerprint density at radius 2 is 2.47 bits per heavy atom. The molecule has 3 nitrogen and oxygen atoms in total. The fourth-order valence-electron chi connectivity index (χ4n) is 1.97. The maximum Gasteiger partial charge on any atom is 0.213 e. The van der Waals surface area contributed by atoms with Crippen LogP contribution in [0, 0.1) is 5.95 Å². The highest BCUT2D eigenvalue weighted by Gasteiger charge is 2.17. The van der Waals surface area contributed by atoms with E-state index < -0.39 is 5.95 Å². The van der Waals surface area contributed by atoms with Crippen LogP contribution < -0.4 is 0 Å². The molecule has 1 saturated heterocycles. The van der Waals surface area contributed by atoms with Gasteiger partial charge in [-0.05, 0) is 37.1 Å². The highest BCUT2D eigenvalue weighted by Crippen LogP contribution is 2.13. The van der Waals surface area contributed by atoms with Crippen LogP contribution in [0.1, 0.15) is 18.4 Å². The topological polar surface area (TPSA) is 36.4 Å². The van der Waals surface area contributed by atoms with E-state index in [1.165, 1.54) is 12.3 Å². The van der Waals surface area contributed by atoms with E-state index in [0.717, 1.165) is 24.9 Å². The standard InChI is InChI=1S/C11H15FN2O/c12-11-6-9(3-4-13-11)7-14-5-1-2-10(15)8-14/h3-4,6,10,15H,1-2,5,7-8H2/t10-/m1/s1. The molecule has 0 amide bonds. The van der Waals surface area contributed by atoms with Crippen LogP contribution in [0.4, 0.5) is 4.39 Å². The molecule has 0 aromatic carbocycles. The summed E-state index contributed by atoms with van der Waals surface area (Å²) >= 11 is 0. The summed E-state index contributed by atoms with van der Waals surface area (Å²) in [4.78, 5) is 5.66. The van der Waals surface area contributed by atoms with E-state index in [0.29, 0.717) is 13.1 Å². The molecule has 1 aromatic heterocycles. The number of rotatable bonds is 2. The second-order valence-corrected chi connectivity index (χ2v) is 4.02. The van der Waals surface area contributed by atoms with Crippen LogP contribution in [0.25, 0.3) is 0 Å². The predicted molar refractivity (Wildman–Crippen MR) is 54.7 cm³/mol. The lowest BCUT2D eigenvalue weighted by atomic mass is 10.1. The lowest BCUT2D eigenvalue weighted by molar-refractivity contribution is 0.0668. The van der Waals surface area contributed by atoms with Crippen molar-refractivity contribution in [1.29, 1.82) is 0 Å². The zero-order valence-electron chi connectivity index (χ0n) is 8.56. The highest BCUT2D eigenvalue weighted by atomic mass is 19.1. The van der Waals surface area contributed by atoms with Gasteiger partial charge in [0.25, 0.3) is 0 Å². The van der Waals surface area contributed by atoms with Gasteiger partial charge in [-0.3, -0.25) is 4.90 Å². The van der Waals surface area contributed by atoms with Gasteiger partial charge in [0.05, 0.1) is 6.10 Å². The molecule has 1 fully saturated rings. The minimum Gasteiger partial charge on any atom is -0.392 e. The molecule has 15 heavy (non-hydrogen) atoms.